The van der Waals surface area contributed by atoms with Gasteiger partial charge in [-0.05, 0) is 61.1 Å². The Hall–Kier alpha value is -3.35. The van der Waals surface area contributed by atoms with Crippen LogP contribution < -0.4 is 10.6 Å². The number of thiophene rings is 1. The molecular formula is C30H31F2N5OS. The summed E-state index contributed by atoms with van der Waals surface area (Å²) in [5.41, 5.74) is 10.4. The minimum absolute atomic E-state index is 0.158. The van der Waals surface area contributed by atoms with Crippen LogP contribution in [0.4, 0.5) is 19.7 Å². The molecule has 1 spiro atoms. The summed E-state index contributed by atoms with van der Waals surface area (Å²) in [4.78, 5) is 11.9. The van der Waals surface area contributed by atoms with E-state index in [0.29, 0.717) is 58.0 Å². The van der Waals surface area contributed by atoms with E-state index in [1.165, 1.54) is 18.9 Å². The monoisotopic (exact) mass is 547 g/mol. The van der Waals surface area contributed by atoms with Crippen LogP contribution in [0.5, 0.6) is 0 Å². The molecule has 1 saturated carbocycles. The Morgan fingerprint density at radius 1 is 1.33 bits per heavy atom. The van der Waals surface area contributed by atoms with Crippen molar-refractivity contribution < 1.29 is 13.5 Å². The van der Waals surface area contributed by atoms with Gasteiger partial charge in [-0.3, -0.25) is 0 Å². The molecule has 1 unspecified atom stereocenters. The molecule has 1 saturated heterocycles. The Kier molecular flexibility index (Phi) is 6.23. The number of ether oxygens (including phenoxy) is 1. The zero-order valence-electron chi connectivity index (χ0n) is 22.6. The van der Waals surface area contributed by atoms with Crippen molar-refractivity contribution in [3.63, 3.8) is 0 Å². The van der Waals surface area contributed by atoms with Crippen molar-refractivity contribution in [2.45, 2.75) is 60.2 Å². The summed E-state index contributed by atoms with van der Waals surface area (Å²) >= 11 is 1.01. The number of hydrogen-bond acceptors (Lipinski definition) is 7. The fourth-order valence-electron chi connectivity index (χ4n) is 6.23. The highest BCUT2D eigenvalue weighted by Crippen LogP contribution is 2.56. The minimum Gasteiger partial charge on any atom is -0.389 e. The van der Waals surface area contributed by atoms with Gasteiger partial charge in [-0.1, -0.05) is 25.5 Å². The molecule has 0 bridgehead atoms. The van der Waals surface area contributed by atoms with Gasteiger partial charge in [0.05, 0.1) is 23.7 Å². The first-order valence-electron chi connectivity index (χ1n) is 13.4. The number of nitrogen functional groups attached to an aromatic ring is 1. The molecule has 1 aliphatic carbocycles. The number of nitriles is 1. The van der Waals surface area contributed by atoms with Gasteiger partial charge < -0.3 is 15.4 Å². The summed E-state index contributed by atoms with van der Waals surface area (Å²) in [6.45, 7) is 9.94. The largest absolute Gasteiger partial charge is 0.389 e. The van der Waals surface area contributed by atoms with E-state index in [-0.39, 0.29) is 27.6 Å². The molecule has 9 heteroatoms. The lowest BCUT2D eigenvalue weighted by Crippen LogP contribution is -2.22. The van der Waals surface area contributed by atoms with Gasteiger partial charge in [-0.15, -0.1) is 11.3 Å². The van der Waals surface area contributed by atoms with Crippen LogP contribution in [0.3, 0.4) is 0 Å². The number of hydrogen-bond donors (Lipinski definition) is 1. The lowest BCUT2D eigenvalue weighted by molar-refractivity contribution is 0.134. The maximum absolute atomic E-state index is 16.9. The Morgan fingerprint density at radius 3 is 2.72 bits per heavy atom. The van der Waals surface area contributed by atoms with E-state index in [1.807, 2.05) is 13.8 Å². The fraction of sp³-hybridized carbons (Fsp3) is 0.433. The van der Waals surface area contributed by atoms with E-state index in [1.54, 1.807) is 13.1 Å². The van der Waals surface area contributed by atoms with Crippen LogP contribution in [-0.2, 0) is 18.0 Å². The van der Waals surface area contributed by atoms with Gasteiger partial charge in [0.15, 0.2) is 5.82 Å². The topological polar surface area (TPSA) is 88.1 Å². The van der Waals surface area contributed by atoms with Crippen LogP contribution >= 0.6 is 11.3 Å². The van der Waals surface area contributed by atoms with Crippen molar-refractivity contribution in [1.29, 1.82) is 5.26 Å². The van der Waals surface area contributed by atoms with E-state index in [4.69, 9.17) is 15.5 Å². The number of halogens is 2. The lowest BCUT2D eigenvalue weighted by Gasteiger charge is -2.21. The van der Waals surface area contributed by atoms with Gasteiger partial charge in [0.25, 0.3) is 0 Å². The predicted octanol–water partition coefficient (Wildman–Crippen LogP) is 7.11. The van der Waals surface area contributed by atoms with Crippen LogP contribution in [0.15, 0.2) is 17.8 Å². The molecule has 2 aromatic heterocycles. The first kappa shape index (κ1) is 25.9. The van der Waals surface area contributed by atoms with E-state index in [2.05, 4.69) is 22.9 Å². The van der Waals surface area contributed by atoms with Crippen LogP contribution in [0.1, 0.15) is 79.7 Å². The van der Waals surface area contributed by atoms with Crippen molar-refractivity contribution in [1.82, 2.24) is 9.97 Å². The van der Waals surface area contributed by atoms with Gasteiger partial charge in [0, 0.05) is 35.8 Å². The summed E-state index contributed by atoms with van der Waals surface area (Å²) in [6, 6.07) is 2.15. The summed E-state index contributed by atoms with van der Waals surface area (Å²) in [6.07, 6.45) is 6.04. The fourth-order valence-corrected chi connectivity index (χ4v) is 7.22. The van der Waals surface area contributed by atoms with Gasteiger partial charge in [0.1, 0.15) is 22.4 Å². The molecular weight excluding hydrogens is 516 g/mol. The Balaban J connectivity index is 1.62. The number of benzene rings is 1. The molecule has 2 aliphatic heterocycles. The molecule has 3 aromatic rings. The highest BCUT2D eigenvalue weighted by molar-refractivity contribution is 7.17. The number of nitrogens with zero attached hydrogens (tertiary/aromatic N) is 4. The Bertz CT molecular complexity index is 1630. The van der Waals surface area contributed by atoms with E-state index in [0.717, 1.165) is 35.6 Å². The molecule has 202 valence electrons. The first-order chi connectivity index (χ1) is 18.7. The number of aromatic nitrogens is 2. The van der Waals surface area contributed by atoms with Crippen molar-refractivity contribution in [3.8, 4) is 6.07 Å². The second kappa shape index (κ2) is 9.39. The van der Waals surface area contributed by atoms with E-state index < -0.39 is 11.6 Å². The third kappa shape index (κ3) is 3.87. The van der Waals surface area contributed by atoms with Gasteiger partial charge >= 0.3 is 0 Å². The average Bonchev–Trinajstić information content (AvgIpc) is 3.26. The normalized spacial score (nSPS) is 20.5. The number of rotatable bonds is 5. The average molecular weight is 548 g/mol. The number of allylic oxidation sites excluding steroid dienone is 2. The van der Waals surface area contributed by atoms with Crippen molar-refractivity contribution in [2.24, 2.45) is 11.3 Å². The Labute approximate surface area is 230 Å². The molecule has 2 fully saturated rings. The second-order valence-corrected chi connectivity index (χ2v) is 12.1. The number of nitrogens with two attached hydrogens (primary N) is 1. The summed E-state index contributed by atoms with van der Waals surface area (Å²) in [5, 5.41) is 10.9. The zero-order chi connectivity index (χ0) is 27.6. The smallest absolute Gasteiger partial charge is 0.226 e. The standard InChI is InChI=1S/C30H31F2N5OS/c1-5-15(3)22(24-17(9-33)28(34)39-27(24)21(31)6-2)23-20-13-38-12-19(20)18-10-35-29(36-26(18)25(23)32)37-11-16(4)30(14-37)7-8-30/h6,10,16H,5,7-8,11-14,34H2,1-4H3/b21-6+,22-15+. The highest BCUT2D eigenvalue weighted by atomic mass is 32.1. The van der Waals surface area contributed by atoms with Crippen LogP contribution in [-0.4, -0.2) is 23.1 Å². The van der Waals surface area contributed by atoms with Crippen LogP contribution in [0.25, 0.3) is 22.3 Å². The summed E-state index contributed by atoms with van der Waals surface area (Å²) in [7, 11) is 0. The molecule has 0 radical (unpaired) electrons. The molecule has 0 amide bonds. The Morgan fingerprint density at radius 2 is 2.08 bits per heavy atom. The molecule has 2 N–H and O–H groups in total. The van der Waals surface area contributed by atoms with Gasteiger partial charge in [-0.2, -0.15) is 5.26 Å². The van der Waals surface area contributed by atoms with Crippen LogP contribution in [0, 0.1) is 28.5 Å². The van der Waals surface area contributed by atoms with Gasteiger partial charge in [0.2, 0.25) is 5.95 Å². The van der Waals surface area contributed by atoms with Crippen LogP contribution in [0.2, 0.25) is 0 Å². The lowest BCUT2D eigenvalue weighted by atomic mass is 9.85. The molecule has 1 atom stereocenters. The van der Waals surface area contributed by atoms with Gasteiger partial charge in [-0.25, -0.2) is 18.7 Å². The predicted molar refractivity (Wildman–Crippen MR) is 151 cm³/mol. The SMILES string of the molecule is C/C=C(/F)c1sc(N)c(C#N)c1/C(=C(\C)CC)c1c2c(c3cnc(N4CC(C)C5(CC5)C4)nc3c1F)COC2. The molecule has 6 rings (SSSR count). The second-order valence-electron chi connectivity index (χ2n) is 11.0. The maximum atomic E-state index is 16.9. The van der Waals surface area contributed by atoms with Crippen molar-refractivity contribution >= 4 is 44.6 Å². The zero-order valence-corrected chi connectivity index (χ0v) is 23.4. The summed E-state index contributed by atoms with van der Waals surface area (Å²) < 4.78 is 37.9. The quantitative estimate of drug-likeness (QED) is 0.366. The van der Waals surface area contributed by atoms with Crippen molar-refractivity contribution in [2.75, 3.05) is 23.7 Å². The van der Waals surface area contributed by atoms with Crippen molar-refractivity contribution in [3.05, 3.63) is 56.4 Å². The molecule has 4 heterocycles. The first-order valence-corrected chi connectivity index (χ1v) is 14.2. The minimum atomic E-state index is -0.505. The van der Waals surface area contributed by atoms with E-state index in [9.17, 15) is 5.26 Å². The third-order valence-electron chi connectivity index (χ3n) is 8.88. The molecule has 6 nitrogen and oxygen atoms in total. The highest BCUT2D eigenvalue weighted by Gasteiger charge is 2.53. The molecule has 39 heavy (non-hydrogen) atoms. The summed E-state index contributed by atoms with van der Waals surface area (Å²) in [5.74, 6) is 0.0634. The maximum Gasteiger partial charge on any atom is 0.226 e. The molecule has 3 aliphatic rings. The number of anilines is 2. The van der Waals surface area contributed by atoms with E-state index >= 15 is 8.78 Å². The third-order valence-corrected chi connectivity index (χ3v) is 9.91. The molecule has 1 aromatic carbocycles. The number of fused-ring (bicyclic) bond motifs is 3.